The van der Waals surface area contributed by atoms with Gasteiger partial charge >= 0.3 is 0 Å². The fourth-order valence-corrected chi connectivity index (χ4v) is 3.22. The lowest BCUT2D eigenvalue weighted by Gasteiger charge is -2.21. The number of nitrogens with two attached hydrogens (primary N) is 1. The zero-order chi connectivity index (χ0) is 12.6. The normalized spacial score (nSPS) is 16.9. The molecule has 0 aliphatic carbocycles. The second-order valence-electron chi connectivity index (χ2n) is 4.81. The molecule has 0 atom stereocenters. The average Bonchev–Trinajstić information content (AvgIpc) is 2.42. The van der Waals surface area contributed by atoms with E-state index in [4.69, 9.17) is 10.5 Å². The Bertz CT molecular complexity index is 353. The molecule has 18 heavy (non-hydrogen) atoms. The molecule has 0 spiro atoms. The maximum atomic E-state index is 5.85. The highest BCUT2D eigenvalue weighted by Crippen LogP contribution is 2.26. The summed E-state index contributed by atoms with van der Waals surface area (Å²) in [7, 11) is 0. The van der Waals surface area contributed by atoms with Crippen molar-refractivity contribution in [2.45, 2.75) is 37.0 Å². The summed E-state index contributed by atoms with van der Waals surface area (Å²) in [6.45, 7) is 1.93. The van der Waals surface area contributed by atoms with Crippen LogP contribution in [0, 0.1) is 5.92 Å². The summed E-state index contributed by atoms with van der Waals surface area (Å²) in [4.78, 5) is 5.16. The predicted octanol–water partition coefficient (Wildman–Crippen LogP) is 3.35. The van der Waals surface area contributed by atoms with Gasteiger partial charge in [0.25, 0.3) is 0 Å². The standard InChI is InChI=1S/C14H22N2OS/c15-13-11-16-7-4-14(13)18-10-2-1-3-12-5-8-17-9-6-12/h4,7,11-12H,1-3,5-6,8-10,15H2. The summed E-state index contributed by atoms with van der Waals surface area (Å²) < 4.78 is 5.37. The van der Waals surface area contributed by atoms with Crippen molar-refractivity contribution < 1.29 is 4.74 Å². The van der Waals surface area contributed by atoms with Crippen molar-refractivity contribution in [1.82, 2.24) is 4.98 Å². The Morgan fingerprint density at radius 1 is 1.33 bits per heavy atom. The van der Waals surface area contributed by atoms with Crippen molar-refractivity contribution in [2.24, 2.45) is 5.92 Å². The van der Waals surface area contributed by atoms with Crippen LogP contribution in [0.15, 0.2) is 23.4 Å². The van der Waals surface area contributed by atoms with Crippen LogP contribution < -0.4 is 5.73 Å². The average molecular weight is 266 g/mol. The van der Waals surface area contributed by atoms with Gasteiger partial charge in [0, 0.05) is 24.3 Å². The Balaban J connectivity index is 1.57. The van der Waals surface area contributed by atoms with Gasteiger partial charge < -0.3 is 10.5 Å². The summed E-state index contributed by atoms with van der Waals surface area (Å²) >= 11 is 1.84. The third-order valence-corrected chi connectivity index (χ3v) is 4.59. The Kier molecular flexibility index (Phi) is 5.81. The predicted molar refractivity (Wildman–Crippen MR) is 76.8 cm³/mol. The lowest BCUT2D eigenvalue weighted by atomic mass is 9.94. The lowest BCUT2D eigenvalue weighted by Crippen LogP contribution is -2.15. The first-order valence-electron chi connectivity index (χ1n) is 6.76. The first-order chi connectivity index (χ1) is 8.86. The number of pyridine rings is 1. The van der Waals surface area contributed by atoms with E-state index in [2.05, 4.69) is 4.98 Å². The quantitative estimate of drug-likeness (QED) is 0.633. The van der Waals surface area contributed by atoms with Gasteiger partial charge in [0.2, 0.25) is 0 Å². The summed E-state index contributed by atoms with van der Waals surface area (Å²) in [6, 6.07) is 2.00. The van der Waals surface area contributed by atoms with E-state index in [1.54, 1.807) is 12.4 Å². The highest BCUT2D eigenvalue weighted by atomic mass is 32.2. The molecule has 2 heterocycles. The fourth-order valence-electron chi connectivity index (χ4n) is 2.28. The number of hydrogen-bond donors (Lipinski definition) is 1. The highest BCUT2D eigenvalue weighted by molar-refractivity contribution is 7.99. The van der Waals surface area contributed by atoms with Crippen molar-refractivity contribution in [3.63, 3.8) is 0 Å². The molecule has 0 bridgehead atoms. The fraction of sp³-hybridized carbons (Fsp3) is 0.643. The molecule has 1 aliphatic heterocycles. The molecule has 1 aliphatic rings. The summed E-state index contributed by atoms with van der Waals surface area (Å²) in [5, 5.41) is 0. The SMILES string of the molecule is Nc1cnccc1SCCCCC1CCOCC1. The second kappa shape index (κ2) is 7.64. The highest BCUT2D eigenvalue weighted by Gasteiger charge is 2.12. The van der Waals surface area contributed by atoms with Crippen LogP contribution in [0.3, 0.4) is 0 Å². The minimum Gasteiger partial charge on any atom is -0.397 e. The molecular formula is C14H22N2OS. The zero-order valence-electron chi connectivity index (χ0n) is 10.8. The van der Waals surface area contributed by atoms with E-state index in [-0.39, 0.29) is 0 Å². The van der Waals surface area contributed by atoms with Crippen molar-refractivity contribution >= 4 is 17.4 Å². The van der Waals surface area contributed by atoms with E-state index in [1.165, 1.54) is 32.1 Å². The first-order valence-corrected chi connectivity index (χ1v) is 7.75. The van der Waals surface area contributed by atoms with Crippen LogP contribution in [0.1, 0.15) is 32.1 Å². The Hall–Kier alpha value is -0.740. The molecule has 0 amide bonds. The molecule has 1 aromatic rings. The molecule has 0 saturated carbocycles. The third kappa shape index (κ3) is 4.50. The molecule has 1 saturated heterocycles. The van der Waals surface area contributed by atoms with Gasteiger partial charge in [0.05, 0.1) is 11.9 Å². The van der Waals surface area contributed by atoms with Crippen LogP contribution >= 0.6 is 11.8 Å². The molecule has 0 aromatic carbocycles. The van der Waals surface area contributed by atoms with E-state index in [1.807, 2.05) is 17.8 Å². The molecule has 0 unspecified atom stereocenters. The topological polar surface area (TPSA) is 48.1 Å². The van der Waals surface area contributed by atoms with Gasteiger partial charge in [0.1, 0.15) is 0 Å². The minimum absolute atomic E-state index is 0.798. The van der Waals surface area contributed by atoms with E-state index in [0.29, 0.717) is 0 Å². The number of aromatic nitrogens is 1. The zero-order valence-corrected chi connectivity index (χ0v) is 11.6. The lowest BCUT2D eigenvalue weighted by molar-refractivity contribution is 0.0633. The van der Waals surface area contributed by atoms with Gasteiger partial charge in [-0.3, -0.25) is 4.98 Å². The third-order valence-electron chi connectivity index (χ3n) is 3.42. The van der Waals surface area contributed by atoms with Gasteiger partial charge in [-0.2, -0.15) is 0 Å². The van der Waals surface area contributed by atoms with Crippen molar-refractivity contribution in [3.05, 3.63) is 18.5 Å². The molecule has 0 radical (unpaired) electrons. The van der Waals surface area contributed by atoms with Crippen LogP contribution in [-0.2, 0) is 4.74 Å². The maximum Gasteiger partial charge on any atom is 0.0638 e. The number of thioether (sulfide) groups is 1. The monoisotopic (exact) mass is 266 g/mol. The number of ether oxygens (including phenoxy) is 1. The molecule has 100 valence electrons. The number of anilines is 1. The van der Waals surface area contributed by atoms with Crippen molar-refractivity contribution in [1.29, 1.82) is 0 Å². The molecule has 2 rings (SSSR count). The minimum atomic E-state index is 0.798. The van der Waals surface area contributed by atoms with Crippen LogP contribution in [0.5, 0.6) is 0 Å². The van der Waals surface area contributed by atoms with E-state index < -0.39 is 0 Å². The molecule has 1 aromatic heterocycles. The number of rotatable bonds is 6. The van der Waals surface area contributed by atoms with Gasteiger partial charge in [-0.25, -0.2) is 0 Å². The second-order valence-corrected chi connectivity index (χ2v) is 5.95. The summed E-state index contributed by atoms with van der Waals surface area (Å²) in [6.07, 6.45) is 9.99. The summed E-state index contributed by atoms with van der Waals surface area (Å²) in [5.74, 6) is 2.05. The van der Waals surface area contributed by atoms with Gasteiger partial charge in [-0.15, -0.1) is 11.8 Å². The number of nitrogens with zero attached hydrogens (tertiary/aromatic N) is 1. The maximum absolute atomic E-state index is 5.85. The van der Waals surface area contributed by atoms with Crippen LogP contribution in [0.2, 0.25) is 0 Å². The number of nitrogen functional groups attached to an aromatic ring is 1. The van der Waals surface area contributed by atoms with Gasteiger partial charge in [-0.1, -0.05) is 12.8 Å². The van der Waals surface area contributed by atoms with Crippen molar-refractivity contribution in [3.8, 4) is 0 Å². The number of hydrogen-bond acceptors (Lipinski definition) is 4. The van der Waals surface area contributed by atoms with Crippen LogP contribution in [0.4, 0.5) is 5.69 Å². The smallest absolute Gasteiger partial charge is 0.0638 e. The first kappa shape index (κ1) is 13.7. The molecule has 2 N–H and O–H groups in total. The van der Waals surface area contributed by atoms with Gasteiger partial charge in [0.15, 0.2) is 0 Å². The van der Waals surface area contributed by atoms with Gasteiger partial charge in [-0.05, 0) is 37.0 Å². The van der Waals surface area contributed by atoms with E-state index in [0.717, 1.165) is 35.5 Å². The molecule has 1 fully saturated rings. The Morgan fingerprint density at radius 2 is 2.17 bits per heavy atom. The molecular weight excluding hydrogens is 244 g/mol. The molecule has 3 nitrogen and oxygen atoms in total. The van der Waals surface area contributed by atoms with Crippen molar-refractivity contribution in [2.75, 3.05) is 24.7 Å². The van der Waals surface area contributed by atoms with E-state index >= 15 is 0 Å². The number of unbranched alkanes of at least 4 members (excludes halogenated alkanes) is 1. The molecule has 4 heteroatoms. The van der Waals surface area contributed by atoms with E-state index in [9.17, 15) is 0 Å². The largest absolute Gasteiger partial charge is 0.397 e. The Labute approximate surface area is 114 Å². The Morgan fingerprint density at radius 3 is 2.94 bits per heavy atom. The summed E-state index contributed by atoms with van der Waals surface area (Å²) in [5.41, 5.74) is 6.65. The van der Waals surface area contributed by atoms with Crippen LogP contribution in [-0.4, -0.2) is 24.0 Å². The van der Waals surface area contributed by atoms with Crippen LogP contribution in [0.25, 0.3) is 0 Å².